The molecule has 0 spiro atoms. The number of aryl methyl sites for hydroxylation is 1. The van der Waals surface area contributed by atoms with E-state index in [2.05, 4.69) is 4.98 Å². The molecule has 2 aromatic carbocycles. The Bertz CT molecular complexity index is 993. The molecular weight excluding hydrogens is 352 g/mol. The molecule has 4 rings (SSSR count). The highest BCUT2D eigenvalue weighted by molar-refractivity contribution is 6.03. The molecule has 0 radical (unpaired) electrons. The summed E-state index contributed by atoms with van der Waals surface area (Å²) in [5, 5.41) is 6.32. The zero-order valence-electron chi connectivity index (χ0n) is 15.9. The first-order valence-corrected chi connectivity index (χ1v) is 9.22. The number of amides is 1. The number of hydrogen-bond donors (Lipinski definition) is 0. The zero-order chi connectivity index (χ0) is 19.5. The average Bonchev–Trinajstić information content (AvgIpc) is 3.35. The first-order valence-electron chi connectivity index (χ1n) is 9.22. The summed E-state index contributed by atoms with van der Waals surface area (Å²) >= 11 is 0. The Kier molecular flexibility index (Phi) is 4.93. The summed E-state index contributed by atoms with van der Waals surface area (Å²) in [5.41, 5.74) is 2.98. The zero-order valence-corrected chi connectivity index (χ0v) is 15.9. The SMILES string of the molecule is COc1ccc([C@@H]2CC(c3ccccc3)=NN2C(=O)Cn2ccnc2C)cc1. The lowest BCUT2D eigenvalue weighted by Gasteiger charge is -2.22. The van der Waals surface area contributed by atoms with E-state index in [1.165, 1.54) is 0 Å². The van der Waals surface area contributed by atoms with Crippen LogP contribution in [0.4, 0.5) is 0 Å². The molecule has 142 valence electrons. The van der Waals surface area contributed by atoms with Crippen molar-refractivity contribution in [3.05, 3.63) is 83.9 Å². The summed E-state index contributed by atoms with van der Waals surface area (Å²) in [4.78, 5) is 17.3. The smallest absolute Gasteiger partial charge is 0.263 e. The number of methoxy groups -OCH3 is 1. The fourth-order valence-corrected chi connectivity index (χ4v) is 3.42. The minimum absolute atomic E-state index is 0.0622. The summed E-state index contributed by atoms with van der Waals surface area (Å²) in [6.07, 6.45) is 4.19. The molecule has 1 aliphatic heterocycles. The number of ether oxygens (including phenoxy) is 1. The fraction of sp³-hybridized carbons (Fsp3) is 0.227. The molecule has 6 heteroatoms. The van der Waals surface area contributed by atoms with Crippen molar-refractivity contribution >= 4 is 11.6 Å². The quantitative estimate of drug-likeness (QED) is 0.686. The van der Waals surface area contributed by atoms with Gasteiger partial charge in [0.1, 0.15) is 18.1 Å². The molecule has 0 saturated heterocycles. The van der Waals surface area contributed by atoms with Crippen LogP contribution in [0.25, 0.3) is 0 Å². The van der Waals surface area contributed by atoms with E-state index in [0.717, 1.165) is 28.4 Å². The third-order valence-corrected chi connectivity index (χ3v) is 5.00. The number of benzene rings is 2. The molecule has 3 aromatic rings. The predicted octanol–water partition coefficient (Wildman–Crippen LogP) is 3.58. The van der Waals surface area contributed by atoms with Crippen LogP contribution in [0.5, 0.6) is 5.75 Å². The van der Waals surface area contributed by atoms with Crippen molar-refractivity contribution < 1.29 is 9.53 Å². The molecular formula is C22H22N4O2. The third-order valence-electron chi connectivity index (χ3n) is 5.00. The van der Waals surface area contributed by atoms with Crippen molar-refractivity contribution in [1.82, 2.24) is 14.6 Å². The van der Waals surface area contributed by atoms with Crippen molar-refractivity contribution in [2.75, 3.05) is 7.11 Å². The molecule has 0 saturated carbocycles. The van der Waals surface area contributed by atoms with Gasteiger partial charge in [0.05, 0.1) is 18.9 Å². The predicted molar refractivity (Wildman–Crippen MR) is 107 cm³/mol. The number of nitrogens with zero attached hydrogens (tertiary/aromatic N) is 4. The minimum Gasteiger partial charge on any atom is -0.497 e. The average molecular weight is 374 g/mol. The van der Waals surface area contributed by atoms with Gasteiger partial charge in [-0.2, -0.15) is 5.10 Å². The number of hydrazone groups is 1. The molecule has 0 bridgehead atoms. The van der Waals surface area contributed by atoms with Gasteiger partial charge in [-0.3, -0.25) is 4.79 Å². The lowest BCUT2D eigenvalue weighted by molar-refractivity contribution is -0.133. The highest BCUT2D eigenvalue weighted by Crippen LogP contribution is 2.33. The highest BCUT2D eigenvalue weighted by Gasteiger charge is 2.33. The van der Waals surface area contributed by atoms with Crippen LogP contribution in [0.2, 0.25) is 0 Å². The van der Waals surface area contributed by atoms with Gasteiger partial charge in [0.2, 0.25) is 0 Å². The maximum atomic E-state index is 13.1. The molecule has 1 aliphatic rings. The van der Waals surface area contributed by atoms with E-state index in [0.29, 0.717) is 6.42 Å². The first-order chi connectivity index (χ1) is 13.7. The number of carbonyl (C=O) groups is 1. The Balaban J connectivity index is 1.65. The Morgan fingerprint density at radius 3 is 2.54 bits per heavy atom. The summed E-state index contributed by atoms with van der Waals surface area (Å²) in [7, 11) is 1.64. The normalized spacial score (nSPS) is 16.1. The maximum Gasteiger partial charge on any atom is 0.263 e. The van der Waals surface area contributed by atoms with E-state index < -0.39 is 0 Å². The summed E-state index contributed by atoms with van der Waals surface area (Å²) in [6.45, 7) is 2.10. The van der Waals surface area contributed by atoms with Gasteiger partial charge in [-0.15, -0.1) is 0 Å². The van der Waals surface area contributed by atoms with Gasteiger partial charge in [-0.1, -0.05) is 42.5 Å². The number of carbonyl (C=O) groups excluding carboxylic acids is 1. The first kappa shape index (κ1) is 18.0. The molecule has 1 aromatic heterocycles. The molecule has 1 atom stereocenters. The Morgan fingerprint density at radius 1 is 1.14 bits per heavy atom. The monoisotopic (exact) mass is 374 g/mol. The van der Waals surface area contributed by atoms with Crippen LogP contribution in [0, 0.1) is 6.92 Å². The van der Waals surface area contributed by atoms with Crippen molar-refractivity contribution in [3.63, 3.8) is 0 Å². The van der Waals surface area contributed by atoms with Gasteiger partial charge in [-0.25, -0.2) is 9.99 Å². The third kappa shape index (κ3) is 3.53. The van der Waals surface area contributed by atoms with E-state index in [1.54, 1.807) is 18.3 Å². The van der Waals surface area contributed by atoms with Gasteiger partial charge < -0.3 is 9.30 Å². The van der Waals surface area contributed by atoms with Crippen LogP contribution in [0.1, 0.15) is 29.4 Å². The van der Waals surface area contributed by atoms with Gasteiger partial charge >= 0.3 is 0 Å². The van der Waals surface area contributed by atoms with Gasteiger partial charge in [0.25, 0.3) is 5.91 Å². The van der Waals surface area contributed by atoms with E-state index >= 15 is 0 Å². The van der Waals surface area contributed by atoms with Crippen molar-refractivity contribution in [3.8, 4) is 5.75 Å². The Hall–Kier alpha value is -3.41. The van der Waals surface area contributed by atoms with Crippen LogP contribution in [-0.4, -0.2) is 33.3 Å². The lowest BCUT2D eigenvalue weighted by Crippen LogP contribution is -2.30. The number of imidazole rings is 1. The number of rotatable bonds is 5. The minimum atomic E-state index is -0.141. The lowest BCUT2D eigenvalue weighted by atomic mass is 9.98. The van der Waals surface area contributed by atoms with Crippen LogP contribution in [0.3, 0.4) is 0 Å². The van der Waals surface area contributed by atoms with Gasteiger partial charge in [-0.05, 0) is 30.2 Å². The summed E-state index contributed by atoms with van der Waals surface area (Å²) in [6, 6.07) is 17.7. The topological polar surface area (TPSA) is 59.7 Å². The van der Waals surface area contributed by atoms with Crippen molar-refractivity contribution in [2.45, 2.75) is 25.9 Å². The second-order valence-corrected chi connectivity index (χ2v) is 6.75. The second-order valence-electron chi connectivity index (χ2n) is 6.75. The van der Waals surface area contributed by atoms with Gasteiger partial charge in [0.15, 0.2) is 0 Å². The van der Waals surface area contributed by atoms with Crippen molar-refractivity contribution in [2.24, 2.45) is 5.10 Å². The van der Waals surface area contributed by atoms with Crippen LogP contribution in [-0.2, 0) is 11.3 Å². The molecule has 28 heavy (non-hydrogen) atoms. The molecule has 1 amide bonds. The molecule has 2 heterocycles. The van der Waals surface area contributed by atoms with Gasteiger partial charge in [0, 0.05) is 18.8 Å². The van der Waals surface area contributed by atoms with Crippen molar-refractivity contribution in [1.29, 1.82) is 0 Å². The number of hydrogen-bond acceptors (Lipinski definition) is 4. The summed E-state index contributed by atoms with van der Waals surface area (Å²) < 4.78 is 7.10. The molecule has 6 nitrogen and oxygen atoms in total. The molecule has 0 N–H and O–H groups in total. The summed E-state index contributed by atoms with van der Waals surface area (Å²) in [5.74, 6) is 1.53. The van der Waals surface area contributed by atoms with Crippen LogP contribution >= 0.6 is 0 Å². The second kappa shape index (κ2) is 7.68. The largest absolute Gasteiger partial charge is 0.497 e. The molecule has 0 fully saturated rings. The van der Waals surface area contributed by atoms with E-state index in [1.807, 2.05) is 72.3 Å². The van der Waals surface area contributed by atoms with E-state index in [4.69, 9.17) is 9.84 Å². The van der Waals surface area contributed by atoms with E-state index in [-0.39, 0.29) is 18.5 Å². The van der Waals surface area contributed by atoms with Crippen LogP contribution < -0.4 is 4.74 Å². The molecule has 0 aliphatic carbocycles. The van der Waals surface area contributed by atoms with E-state index in [9.17, 15) is 4.79 Å². The Labute approximate surface area is 164 Å². The Morgan fingerprint density at radius 2 is 1.89 bits per heavy atom. The standard InChI is InChI=1S/C22H22N4O2/c1-16-23-12-13-25(16)15-22(27)26-21(18-8-10-19(28-2)11-9-18)14-20(24-26)17-6-4-3-5-7-17/h3-13,21H,14-15H2,1-2H3/t21-/m0/s1. The number of aromatic nitrogens is 2. The molecule has 0 unspecified atom stereocenters. The van der Waals surface area contributed by atoms with Crippen LogP contribution in [0.15, 0.2) is 72.1 Å². The maximum absolute atomic E-state index is 13.1. The highest BCUT2D eigenvalue weighted by atomic mass is 16.5. The fourth-order valence-electron chi connectivity index (χ4n) is 3.42.